The van der Waals surface area contributed by atoms with E-state index in [2.05, 4.69) is 6.92 Å². The second-order valence-electron chi connectivity index (χ2n) is 4.93. The maximum Gasteiger partial charge on any atom is 0.253 e. The molecule has 0 bridgehead atoms. The first-order valence-electron chi connectivity index (χ1n) is 6.75. The number of ether oxygens (including phenoxy) is 1. The van der Waals surface area contributed by atoms with Crippen LogP contribution in [-0.4, -0.2) is 13.2 Å². The van der Waals surface area contributed by atoms with Crippen LogP contribution in [0, 0.1) is 0 Å². The molecule has 0 atom stereocenters. The van der Waals surface area contributed by atoms with E-state index in [1.165, 1.54) is 0 Å². The molecule has 0 saturated heterocycles. The van der Waals surface area contributed by atoms with Crippen LogP contribution in [-0.2, 0) is 6.42 Å². The van der Waals surface area contributed by atoms with Crippen LogP contribution >= 0.6 is 0 Å². The molecule has 0 fully saturated rings. The summed E-state index contributed by atoms with van der Waals surface area (Å²) in [7, 11) is 0. The molecule has 0 saturated carbocycles. The topological polar surface area (TPSA) is 72.6 Å². The number of rotatable bonds is 2. The Hall–Kier alpha value is -2.30. The van der Waals surface area contributed by atoms with E-state index < -0.39 is 10.9 Å². The van der Waals surface area contributed by atoms with Crippen molar-refractivity contribution < 1.29 is 4.74 Å². The van der Waals surface area contributed by atoms with E-state index in [1.54, 1.807) is 0 Å². The maximum absolute atomic E-state index is 11.8. The Morgan fingerprint density at radius 1 is 1.30 bits per heavy atom. The zero-order valence-electron chi connectivity index (χ0n) is 11.3. The summed E-state index contributed by atoms with van der Waals surface area (Å²) in [5, 5.41) is 0. The van der Waals surface area contributed by atoms with Crippen molar-refractivity contribution in [2.75, 3.05) is 23.8 Å². The van der Waals surface area contributed by atoms with Gasteiger partial charge in [0, 0.05) is 6.54 Å². The summed E-state index contributed by atoms with van der Waals surface area (Å²) < 4.78 is 5.69. The lowest BCUT2D eigenvalue weighted by molar-refractivity contribution is 0.322. The van der Waals surface area contributed by atoms with Gasteiger partial charge in [-0.25, -0.2) is 0 Å². The minimum atomic E-state index is -0.585. The van der Waals surface area contributed by atoms with Gasteiger partial charge in [-0.2, -0.15) is 0 Å². The first kappa shape index (κ1) is 12.7. The smallest absolute Gasteiger partial charge is 0.253 e. The van der Waals surface area contributed by atoms with Crippen LogP contribution in [0.25, 0.3) is 0 Å². The number of hydrogen-bond donors (Lipinski definition) is 1. The summed E-state index contributed by atoms with van der Waals surface area (Å²) in [6.45, 7) is 3.27. The highest BCUT2D eigenvalue weighted by Gasteiger charge is 2.28. The first-order chi connectivity index (χ1) is 9.63. The lowest BCUT2D eigenvalue weighted by atomic mass is 10.1. The van der Waals surface area contributed by atoms with Gasteiger partial charge in [-0.3, -0.25) is 9.59 Å². The molecule has 0 radical (unpaired) electrons. The van der Waals surface area contributed by atoms with E-state index in [0.29, 0.717) is 18.8 Å². The number of nitrogens with two attached hydrogens (primary N) is 1. The van der Waals surface area contributed by atoms with Gasteiger partial charge < -0.3 is 15.4 Å². The molecule has 0 unspecified atom stereocenters. The number of nitrogen functional groups attached to an aromatic ring is 1. The number of hydrogen-bond acceptors (Lipinski definition) is 5. The highest BCUT2D eigenvalue weighted by Crippen LogP contribution is 2.37. The fraction of sp³-hybridized carbons (Fsp3) is 0.333. The van der Waals surface area contributed by atoms with Crippen LogP contribution in [0.3, 0.4) is 0 Å². The summed E-state index contributed by atoms with van der Waals surface area (Å²) in [6.07, 6.45) is 1.66. The van der Waals surface area contributed by atoms with Crippen molar-refractivity contribution in [3.05, 3.63) is 44.2 Å². The first-order valence-corrected chi connectivity index (χ1v) is 6.75. The molecule has 5 nitrogen and oxygen atoms in total. The van der Waals surface area contributed by atoms with E-state index in [-0.39, 0.29) is 5.69 Å². The number of anilines is 3. The molecule has 20 heavy (non-hydrogen) atoms. The fourth-order valence-electron chi connectivity index (χ4n) is 2.54. The Kier molecular flexibility index (Phi) is 2.97. The Morgan fingerprint density at radius 3 is 2.80 bits per heavy atom. The third-order valence-electron chi connectivity index (χ3n) is 3.70. The van der Waals surface area contributed by atoms with Crippen LogP contribution in [0.5, 0.6) is 5.75 Å². The van der Waals surface area contributed by atoms with E-state index in [4.69, 9.17) is 10.5 Å². The Bertz CT molecular complexity index is 729. The average Bonchev–Trinajstić information content (AvgIpc) is 2.69. The van der Waals surface area contributed by atoms with E-state index in [0.717, 1.165) is 29.8 Å². The van der Waals surface area contributed by atoms with Crippen molar-refractivity contribution in [1.29, 1.82) is 0 Å². The van der Waals surface area contributed by atoms with Gasteiger partial charge in [-0.15, -0.1) is 0 Å². The molecule has 0 amide bonds. The van der Waals surface area contributed by atoms with Gasteiger partial charge in [-0.1, -0.05) is 13.0 Å². The largest absolute Gasteiger partial charge is 0.491 e. The van der Waals surface area contributed by atoms with Gasteiger partial charge in [-0.05, 0) is 30.5 Å². The number of benzene rings is 1. The molecule has 2 N–H and O–H groups in total. The molecule has 5 heteroatoms. The SMILES string of the molecule is CCc1ccc2c(c1)N(c1c(N)c(=O)c1=O)CCCO2. The third kappa shape index (κ3) is 1.78. The molecule has 0 aliphatic carbocycles. The average molecular weight is 272 g/mol. The monoisotopic (exact) mass is 272 g/mol. The second-order valence-corrected chi connectivity index (χ2v) is 4.93. The van der Waals surface area contributed by atoms with Crippen LogP contribution in [0.1, 0.15) is 18.9 Å². The number of aryl methyl sites for hydroxylation is 1. The summed E-state index contributed by atoms with van der Waals surface area (Å²) >= 11 is 0. The van der Waals surface area contributed by atoms with Gasteiger partial charge in [0.15, 0.2) is 0 Å². The quantitative estimate of drug-likeness (QED) is 0.835. The molecular weight excluding hydrogens is 256 g/mol. The van der Waals surface area contributed by atoms with Gasteiger partial charge in [0.2, 0.25) is 0 Å². The molecule has 2 aromatic carbocycles. The van der Waals surface area contributed by atoms with Crippen LogP contribution < -0.4 is 26.2 Å². The normalized spacial score (nSPS) is 14.8. The zero-order valence-corrected chi connectivity index (χ0v) is 11.3. The standard InChI is InChI=1S/C15H16N2O3/c1-2-9-4-5-11-10(8-9)17(6-3-7-20-11)13-12(16)14(18)15(13)19/h4-5,8H,2-3,6-7,16H2,1H3. The van der Waals surface area contributed by atoms with Gasteiger partial charge >= 0.3 is 0 Å². The predicted octanol–water partition coefficient (Wildman–Crippen LogP) is 1.35. The maximum atomic E-state index is 11.8. The van der Waals surface area contributed by atoms with Crippen molar-refractivity contribution in [1.82, 2.24) is 0 Å². The fourth-order valence-corrected chi connectivity index (χ4v) is 2.54. The molecule has 0 spiro atoms. The van der Waals surface area contributed by atoms with Crippen LogP contribution in [0.15, 0.2) is 27.8 Å². The van der Waals surface area contributed by atoms with E-state index in [9.17, 15) is 9.59 Å². The number of fused-ring (bicyclic) bond motifs is 1. The highest BCUT2D eigenvalue weighted by molar-refractivity contribution is 5.81. The lowest BCUT2D eigenvalue weighted by Gasteiger charge is -2.26. The van der Waals surface area contributed by atoms with Crippen LogP contribution in [0.4, 0.5) is 17.1 Å². The Labute approximate surface area is 116 Å². The molecule has 0 aromatic heterocycles. The molecule has 2 aromatic rings. The number of nitrogens with zero attached hydrogens (tertiary/aromatic N) is 1. The van der Waals surface area contributed by atoms with Crippen LogP contribution in [0.2, 0.25) is 0 Å². The summed E-state index contributed by atoms with van der Waals surface area (Å²) in [4.78, 5) is 24.9. The minimum absolute atomic E-state index is 0.0600. The molecular formula is C15H16N2O3. The summed E-state index contributed by atoms with van der Waals surface area (Å²) in [5.41, 5.74) is 6.95. The van der Waals surface area contributed by atoms with Crippen molar-refractivity contribution >= 4 is 17.1 Å². The van der Waals surface area contributed by atoms with Crippen molar-refractivity contribution in [2.24, 2.45) is 0 Å². The van der Waals surface area contributed by atoms with Gasteiger partial charge in [0.05, 0.1) is 12.3 Å². The second kappa shape index (κ2) is 4.67. The molecule has 1 aliphatic heterocycles. The Balaban J connectivity index is 2.14. The lowest BCUT2D eigenvalue weighted by Crippen LogP contribution is -2.41. The van der Waals surface area contributed by atoms with Crippen molar-refractivity contribution in [3.8, 4) is 5.75 Å². The molecule has 104 valence electrons. The van der Waals surface area contributed by atoms with E-state index >= 15 is 0 Å². The van der Waals surface area contributed by atoms with Crippen molar-refractivity contribution in [2.45, 2.75) is 19.8 Å². The van der Waals surface area contributed by atoms with E-state index in [1.807, 2.05) is 23.1 Å². The highest BCUT2D eigenvalue weighted by atomic mass is 16.5. The predicted molar refractivity (Wildman–Crippen MR) is 78.7 cm³/mol. The summed E-state index contributed by atoms with van der Waals surface area (Å²) in [5.74, 6) is 0.729. The molecule has 1 aliphatic rings. The summed E-state index contributed by atoms with van der Waals surface area (Å²) in [6, 6.07) is 5.92. The molecule has 1 heterocycles. The Morgan fingerprint density at radius 2 is 2.10 bits per heavy atom. The minimum Gasteiger partial charge on any atom is -0.491 e. The van der Waals surface area contributed by atoms with Crippen molar-refractivity contribution in [3.63, 3.8) is 0 Å². The zero-order chi connectivity index (χ0) is 14.3. The third-order valence-corrected chi connectivity index (χ3v) is 3.70. The van der Waals surface area contributed by atoms with Gasteiger partial charge in [0.25, 0.3) is 10.9 Å². The van der Waals surface area contributed by atoms with Gasteiger partial charge in [0.1, 0.15) is 17.1 Å². The molecule has 3 rings (SSSR count).